The van der Waals surface area contributed by atoms with Crippen LogP contribution in [-0.4, -0.2) is 49.5 Å². The number of anilines is 1. The van der Waals surface area contributed by atoms with E-state index in [1.807, 2.05) is 32.9 Å². The third-order valence-electron chi connectivity index (χ3n) is 5.59. The van der Waals surface area contributed by atoms with Gasteiger partial charge in [0, 0.05) is 17.6 Å². The number of carboxylic acids is 1. The van der Waals surface area contributed by atoms with Crippen molar-refractivity contribution in [2.45, 2.75) is 64.1 Å². The van der Waals surface area contributed by atoms with Crippen molar-refractivity contribution in [2.24, 2.45) is 0 Å². The molecular formula is C24H29N5O4. The number of hydrogen-bond donors (Lipinski definition) is 3. The van der Waals surface area contributed by atoms with Gasteiger partial charge in [0.15, 0.2) is 5.65 Å². The summed E-state index contributed by atoms with van der Waals surface area (Å²) in [6.07, 6.45) is 4.92. The van der Waals surface area contributed by atoms with Gasteiger partial charge in [-0.05, 0) is 70.7 Å². The Hall–Kier alpha value is -3.62. The van der Waals surface area contributed by atoms with Crippen LogP contribution in [0.1, 0.15) is 56.8 Å². The fourth-order valence-electron chi connectivity index (χ4n) is 4.00. The van der Waals surface area contributed by atoms with Crippen molar-refractivity contribution in [3.63, 3.8) is 0 Å². The molecule has 33 heavy (non-hydrogen) atoms. The Bertz CT molecular complexity index is 1140. The van der Waals surface area contributed by atoms with Crippen LogP contribution in [0.4, 0.5) is 10.6 Å². The van der Waals surface area contributed by atoms with Crippen LogP contribution < -0.4 is 10.6 Å². The molecule has 4 rings (SSSR count). The molecule has 0 aliphatic heterocycles. The smallest absolute Gasteiger partial charge is 0.407 e. The van der Waals surface area contributed by atoms with Crippen molar-refractivity contribution in [3.05, 3.63) is 48.2 Å². The molecule has 0 saturated heterocycles. The summed E-state index contributed by atoms with van der Waals surface area (Å²) < 4.78 is 7.11. The van der Waals surface area contributed by atoms with Crippen molar-refractivity contribution in [1.29, 1.82) is 0 Å². The van der Waals surface area contributed by atoms with E-state index in [0.717, 1.165) is 42.8 Å². The van der Waals surface area contributed by atoms with E-state index in [9.17, 15) is 9.59 Å². The van der Waals surface area contributed by atoms with Gasteiger partial charge in [-0.15, -0.1) is 5.10 Å². The van der Waals surface area contributed by atoms with Gasteiger partial charge in [-0.2, -0.15) is 0 Å². The van der Waals surface area contributed by atoms with Gasteiger partial charge in [0.05, 0.1) is 17.5 Å². The third-order valence-corrected chi connectivity index (χ3v) is 5.59. The molecule has 0 spiro atoms. The molecule has 9 nitrogen and oxygen atoms in total. The predicted octanol–water partition coefficient (Wildman–Crippen LogP) is 4.34. The number of carbonyl (C=O) groups excluding carboxylic acids is 1. The van der Waals surface area contributed by atoms with Crippen LogP contribution in [0.15, 0.2) is 42.6 Å². The minimum absolute atomic E-state index is 0.113. The molecule has 1 saturated carbocycles. The third kappa shape index (κ3) is 5.60. The van der Waals surface area contributed by atoms with Crippen molar-refractivity contribution >= 4 is 23.5 Å². The Labute approximate surface area is 192 Å². The number of aromatic carboxylic acids is 1. The summed E-state index contributed by atoms with van der Waals surface area (Å²) >= 11 is 0. The van der Waals surface area contributed by atoms with Crippen LogP contribution in [0.5, 0.6) is 0 Å². The maximum absolute atomic E-state index is 12.0. The standard InChI is InChI=1S/C24H29N5O4/c1-24(2,3)33-23(32)27-18-10-8-17(9-11-18)26-20-12-13-21-25-14-19(29(21)28-20)15-4-6-16(7-5-15)22(30)31/h4-7,12-14,17-18H,8-11H2,1-3H3,(H,26,28)(H,27,32)(H,30,31). The van der Waals surface area contributed by atoms with Crippen molar-refractivity contribution < 1.29 is 19.4 Å². The zero-order valence-corrected chi connectivity index (χ0v) is 19.0. The number of carbonyl (C=O) groups is 2. The minimum atomic E-state index is -0.958. The van der Waals surface area contributed by atoms with Gasteiger partial charge < -0.3 is 20.5 Å². The molecule has 0 radical (unpaired) electrons. The molecular weight excluding hydrogens is 422 g/mol. The lowest BCUT2D eigenvalue weighted by molar-refractivity contribution is 0.0491. The van der Waals surface area contributed by atoms with E-state index >= 15 is 0 Å². The molecule has 2 aromatic heterocycles. The van der Waals surface area contributed by atoms with E-state index in [-0.39, 0.29) is 23.7 Å². The van der Waals surface area contributed by atoms with Gasteiger partial charge in [0.2, 0.25) is 0 Å². The molecule has 1 amide bonds. The minimum Gasteiger partial charge on any atom is -0.478 e. The predicted molar refractivity (Wildman–Crippen MR) is 124 cm³/mol. The first-order chi connectivity index (χ1) is 15.7. The molecule has 0 bridgehead atoms. The number of benzene rings is 1. The normalized spacial score (nSPS) is 18.6. The zero-order valence-electron chi connectivity index (χ0n) is 19.0. The van der Waals surface area contributed by atoms with Gasteiger partial charge >= 0.3 is 12.1 Å². The highest BCUT2D eigenvalue weighted by Gasteiger charge is 2.25. The number of aromatic nitrogens is 3. The largest absolute Gasteiger partial charge is 0.478 e. The maximum Gasteiger partial charge on any atom is 0.407 e. The summed E-state index contributed by atoms with van der Waals surface area (Å²) in [4.78, 5) is 27.5. The van der Waals surface area contributed by atoms with Crippen LogP contribution in [0.2, 0.25) is 0 Å². The van der Waals surface area contributed by atoms with E-state index < -0.39 is 11.6 Å². The number of rotatable bonds is 5. The molecule has 1 aromatic carbocycles. The summed E-state index contributed by atoms with van der Waals surface area (Å²) in [6.45, 7) is 5.57. The molecule has 0 atom stereocenters. The fraction of sp³-hybridized carbons (Fsp3) is 0.417. The van der Waals surface area contributed by atoms with Crippen LogP contribution in [0.3, 0.4) is 0 Å². The first kappa shape index (κ1) is 22.6. The molecule has 9 heteroatoms. The Morgan fingerprint density at radius 3 is 2.33 bits per heavy atom. The highest BCUT2D eigenvalue weighted by molar-refractivity contribution is 5.88. The number of amides is 1. The molecule has 0 unspecified atom stereocenters. The van der Waals surface area contributed by atoms with Gasteiger partial charge in [-0.25, -0.2) is 19.1 Å². The highest BCUT2D eigenvalue weighted by Crippen LogP contribution is 2.24. The lowest BCUT2D eigenvalue weighted by Crippen LogP contribution is -2.42. The monoisotopic (exact) mass is 451 g/mol. The van der Waals surface area contributed by atoms with E-state index in [1.54, 1.807) is 35.0 Å². The Morgan fingerprint density at radius 1 is 1.03 bits per heavy atom. The molecule has 2 heterocycles. The second kappa shape index (κ2) is 9.09. The number of fused-ring (bicyclic) bond motifs is 1. The maximum atomic E-state index is 12.0. The van der Waals surface area contributed by atoms with E-state index in [2.05, 4.69) is 15.6 Å². The van der Waals surface area contributed by atoms with Crippen LogP contribution in [0.25, 0.3) is 16.9 Å². The highest BCUT2D eigenvalue weighted by atomic mass is 16.6. The quantitative estimate of drug-likeness (QED) is 0.528. The van der Waals surface area contributed by atoms with E-state index in [4.69, 9.17) is 14.9 Å². The Kier molecular flexibility index (Phi) is 6.22. The number of nitrogens with zero attached hydrogens (tertiary/aromatic N) is 3. The zero-order chi connectivity index (χ0) is 23.6. The lowest BCUT2D eigenvalue weighted by Gasteiger charge is -2.30. The van der Waals surface area contributed by atoms with Crippen molar-refractivity contribution in [3.8, 4) is 11.3 Å². The molecule has 174 valence electrons. The Balaban J connectivity index is 1.39. The molecule has 3 N–H and O–H groups in total. The summed E-state index contributed by atoms with van der Waals surface area (Å²) in [7, 11) is 0. The lowest BCUT2D eigenvalue weighted by atomic mass is 9.91. The van der Waals surface area contributed by atoms with E-state index in [0.29, 0.717) is 5.65 Å². The summed E-state index contributed by atoms with van der Waals surface area (Å²) in [5.74, 6) is -0.215. The number of carboxylic acid groups (broad SMARTS) is 1. The van der Waals surface area contributed by atoms with Gasteiger partial charge in [0.1, 0.15) is 11.4 Å². The topological polar surface area (TPSA) is 118 Å². The molecule has 1 aliphatic rings. The van der Waals surface area contributed by atoms with Crippen molar-refractivity contribution in [1.82, 2.24) is 19.9 Å². The number of hydrogen-bond acceptors (Lipinski definition) is 6. The van der Waals surface area contributed by atoms with Crippen LogP contribution in [-0.2, 0) is 4.74 Å². The van der Waals surface area contributed by atoms with Gasteiger partial charge in [0.25, 0.3) is 0 Å². The Morgan fingerprint density at radius 2 is 1.70 bits per heavy atom. The van der Waals surface area contributed by atoms with Gasteiger partial charge in [-0.1, -0.05) is 12.1 Å². The summed E-state index contributed by atoms with van der Waals surface area (Å²) in [5, 5.41) is 20.3. The second-order valence-electron chi connectivity index (χ2n) is 9.35. The van der Waals surface area contributed by atoms with E-state index in [1.165, 1.54) is 0 Å². The molecule has 3 aromatic rings. The van der Waals surface area contributed by atoms with Crippen molar-refractivity contribution in [2.75, 3.05) is 5.32 Å². The second-order valence-corrected chi connectivity index (χ2v) is 9.35. The average Bonchev–Trinajstić information content (AvgIpc) is 3.17. The number of imidazole rings is 1. The number of ether oxygens (including phenoxy) is 1. The average molecular weight is 452 g/mol. The number of nitrogens with one attached hydrogen (secondary N) is 2. The first-order valence-electron chi connectivity index (χ1n) is 11.1. The number of alkyl carbamates (subject to hydrolysis) is 1. The summed E-state index contributed by atoms with van der Waals surface area (Å²) in [5.41, 5.74) is 2.07. The SMILES string of the molecule is CC(C)(C)OC(=O)NC1CCC(Nc2ccc3ncc(-c4ccc(C(=O)O)cc4)n3n2)CC1. The first-order valence-corrected chi connectivity index (χ1v) is 11.1. The summed E-state index contributed by atoms with van der Waals surface area (Å²) in [6, 6.07) is 10.8. The molecule has 1 fully saturated rings. The van der Waals surface area contributed by atoms with Gasteiger partial charge in [-0.3, -0.25) is 0 Å². The molecule has 1 aliphatic carbocycles. The van der Waals surface area contributed by atoms with Crippen LogP contribution in [0, 0.1) is 0 Å². The van der Waals surface area contributed by atoms with Crippen LogP contribution >= 0.6 is 0 Å². The fourth-order valence-corrected chi connectivity index (χ4v) is 4.00.